The average Bonchev–Trinajstić information content (AvgIpc) is 2.73. The highest BCUT2D eigenvalue weighted by atomic mass is 19.3. The van der Waals surface area contributed by atoms with Gasteiger partial charge in [0.25, 0.3) is 12.3 Å². The van der Waals surface area contributed by atoms with Crippen molar-refractivity contribution >= 4 is 5.91 Å². The highest BCUT2D eigenvalue weighted by Gasteiger charge is 2.29. The van der Waals surface area contributed by atoms with Gasteiger partial charge in [-0.25, -0.2) is 8.78 Å². The zero-order valence-electron chi connectivity index (χ0n) is 12.6. The van der Waals surface area contributed by atoms with E-state index in [0.29, 0.717) is 5.92 Å². The van der Waals surface area contributed by atoms with Gasteiger partial charge in [0.05, 0.1) is 0 Å². The minimum absolute atomic E-state index is 0.136. The Morgan fingerprint density at radius 3 is 2.81 bits per heavy atom. The van der Waals surface area contributed by atoms with Gasteiger partial charge in [0.1, 0.15) is 12.2 Å². The monoisotopic (exact) mass is 299 g/mol. The molecule has 0 N–H and O–H groups in total. The summed E-state index contributed by atoms with van der Waals surface area (Å²) in [5.74, 6) is 0.249. The molecule has 0 bridgehead atoms. The molecule has 0 saturated carbocycles. The third-order valence-corrected chi connectivity index (χ3v) is 4.01. The molecule has 0 aromatic carbocycles. The van der Waals surface area contributed by atoms with E-state index in [4.69, 9.17) is 0 Å². The Bertz CT molecular complexity index is 473. The maximum atomic E-state index is 12.6. The highest BCUT2D eigenvalue weighted by molar-refractivity contribution is 5.92. The first-order valence-electron chi connectivity index (χ1n) is 7.61. The van der Waals surface area contributed by atoms with E-state index in [2.05, 4.69) is 18.9 Å². The molecule has 1 aliphatic rings. The van der Waals surface area contributed by atoms with Gasteiger partial charge in [0, 0.05) is 18.8 Å². The molecular formula is C15H23F2N3O. The van der Waals surface area contributed by atoms with Crippen LogP contribution in [0.1, 0.15) is 50.0 Å². The first kappa shape index (κ1) is 15.9. The molecule has 118 valence electrons. The number of halogens is 2. The summed E-state index contributed by atoms with van der Waals surface area (Å²) in [6, 6.07) is 1.74. The van der Waals surface area contributed by atoms with Crippen molar-refractivity contribution in [2.24, 2.45) is 5.92 Å². The van der Waals surface area contributed by atoms with Crippen LogP contribution in [0, 0.1) is 5.92 Å². The van der Waals surface area contributed by atoms with Crippen molar-refractivity contribution in [1.82, 2.24) is 14.7 Å². The first-order chi connectivity index (χ1) is 9.99. The molecule has 6 heteroatoms. The molecular weight excluding hydrogens is 276 g/mol. The van der Waals surface area contributed by atoms with E-state index >= 15 is 0 Å². The molecule has 1 amide bonds. The van der Waals surface area contributed by atoms with Crippen LogP contribution in [-0.4, -0.2) is 39.6 Å². The van der Waals surface area contributed by atoms with Crippen molar-refractivity contribution in [2.45, 2.75) is 58.5 Å². The Kier molecular flexibility index (Phi) is 5.31. The molecule has 2 rings (SSSR count). The number of rotatable bonds is 4. The van der Waals surface area contributed by atoms with Gasteiger partial charge in [-0.1, -0.05) is 26.7 Å². The maximum absolute atomic E-state index is 12.6. The largest absolute Gasteiger partial charge is 0.334 e. The molecule has 1 aliphatic heterocycles. The summed E-state index contributed by atoms with van der Waals surface area (Å²) in [7, 11) is 0. The molecule has 0 radical (unpaired) electrons. The van der Waals surface area contributed by atoms with E-state index in [1.807, 2.05) is 4.90 Å². The van der Waals surface area contributed by atoms with Gasteiger partial charge in [0.2, 0.25) is 0 Å². The van der Waals surface area contributed by atoms with Crippen molar-refractivity contribution in [2.75, 3.05) is 6.54 Å². The number of carbonyl (C=O) groups excluding carboxylic acids is 1. The van der Waals surface area contributed by atoms with Crippen molar-refractivity contribution in [1.29, 1.82) is 0 Å². The van der Waals surface area contributed by atoms with Gasteiger partial charge in [-0.2, -0.15) is 5.10 Å². The van der Waals surface area contributed by atoms with E-state index in [-0.39, 0.29) is 17.6 Å². The van der Waals surface area contributed by atoms with Gasteiger partial charge in [0.15, 0.2) is 0 Å². The van der Waals surface area contributed by atoms with Gasteiger partial charge in [-0.05, 0) is 24.8 Å². The third-order valence-electron chi connectivity index (χ3n) is 4.01. The van der Waals surface area contributed by atoms with Crippen LogP contribution in [0.15, 0.2) is 12.3 Å². The first-order valence-corrected chi connectivity index (χ1v) is 7.61. The van der Waals surface area contributed by atoms with Crippen molar-refractivity contribution in [3.63, 3.8) is 0 Å². The minimum atomic E-state index is -2.46. The fraction of sp³-hybridized carbons (Fsp3) is 0.733. The van der Waals surface area contributed by atoms with Crippen LogP contribution in [0.5, 0.6) is 0 Å². The standard InChI is InChI=1S/C15H23F2N3O/c1-11(2)13-6-4-3-5-8-20(13)15(21)12-7-9-19(18-12)10-14(16)17/h7,9,11,13-14H,3-6,8,10H2,1-2H3/t13-/m1/s1. The molecule has 1 fully saturated rings. The van der Waals surface area contributed by atoms with Crippen LogP contribution >= 0.6 is 0 Å². The summed E-state index contributed by atoms with van der Waals surface area (Å²) >= 11 is 0. The summed E-state index contributed by atoms with van der Waals surface area (Å²) < 4.78 is 25.8. The van der Waals surface area contributed by atoms with Crippen LogP contribution in [0.4, 0.5) is 8.78 Å². The molecule has 2 heterocycles. The zero-order valence-corrected chi connectivity index (χ0v) is 12.6. The van der Waals surface area contributed by atoms with Crippen LogP contribution in [-0.2, 0) is 6.54 Å². The lowest BCUT2D eigenvalue weighted by atomic mass is 9.98. The van der Waals surface area contributed by atoms with E-state index < -0.39 is 13.0 Å². The van der Waals surface area contributed by atoms with Crippen molar-refractivity contribution < 1.29 is 13.6 Å². The lowest BCUT2D eigenvalue weighted by molar-refractivity contribution is 0.0622. The predicted octanol–water partition coefficient (Wildman–Crippen LogP) is 3.19. The Hall–Kier alpha value is -1.46. The smallest absolute Gasteiger partial charge is 0.274 e. The van der Waals surface area contributed by atoms with E-state index in [9.17, 15) is 13.6 Å². The predicted molar refractivity (Wildman–Crippen MR) is 76.4 cm³/mol. The number of carbonyl (C=O) groups is 1. The molecule has 1 aromatic heterocycles. The summed E-state index contributed by atoms with van der Waals surface area (Å²) in [5.41, 5.74) is 0.267. The number of hydrogen-bond donors (Lipinski definition) is 0. The lowest BCUT2D eigenvalue weighted by Crippen LogP contribution is -2.43. The Morgan fingerprint density at radius 1 is 1.38 bits per heavy atom. The Morgan fingerprint density at radius 2 is 2.14 bits per heavy atom. The number of alkyl halides is 2. The fourth-order valence-electron chi connectivity index (χ4n) is 2.95. The Balaban J connectivity index is 2.14. The molecule has 0 spiro atoms. The van der Waals surface area contributed by atoms with Crippen LogP contribution in [0.3, 0.4) is 0 Å². The van der Waals surface area contributed by atoms with Crippen LogP contribution < -0.4 is 0 Å². The minimum Gasteiger partial charge on any atom is -0.334 e. The van der Waals surface area contributed by atoms with E-state index in [0.717, 1.165) is 36.9 Å². The normalized spacial score (nSPS) is 20.1. The van der Waals surface area contributed by atoms with E-state index in [1.165, 1.54) is 12.3 Å². The molecule has 4 nitrogen and oxygen atoms in total. The summed E-state index contributed by atoms with van der Waals surface area (Å²) in [4.78, 5) is 14.5. The summed E-state index contributed by atoms with van der Waals surface area (Å²) in [6.07, 6.45) is 3.24. The van der Waals surface area contributed by atoms with Gasteiger partial charge in [-0.3, -0.25) is 9.48 Å². The molecule has 21 heavy (non-hydrogen) atoms. The topological polar surface area (TPSA) is 38.1 Å². The second kappa shape index (κ2) is 7.00. The maximum Gasteiger partial charge on any atom is 0.274 e. The summed E-state index contributed by atoms with van der Waals surface area (Å²) in [5, 5.41) is 4.00. The molecule has 0 unspecified atom stereocenters. The van der Waals surface area contributed by atoms with Gasteiger partial charge >= 0.3 is 0 Å². The lowest BCUT2D eigenvalue weighted by Gasteiger charge is -2.32. The molecule has 1 aromatic rings. The average molecular weight is 299 g/mol. The van der Waals surface area contributed by atoms with Gasteiger partial charge in [-0.15, -0.1) is 0 Å². The van der Waals surface area contributed by atoms with Gasteiger partial charge < -0.3 is 4.90 Å². The SMILES string of the molecule is CC(C)[C@H]1CCCCCN1C(=O)c1ccn(CC(F)F)n1. The highest BCUT2D eigenvalue weighted by Crippen LogP contribution is 2.24. The molecule has 0 aliphatic carbocycles. The van der Waals surface area contributed by atoms with Crippen LogP contribution in [0.25, 0.3) is 0 Å². The molecule has 1 atom stereocenters. The summed E-state index contributed by atoms with van der Waals surface area (Å²) in [6.45, 7) is 4.49. The van der Waals surface area contributed by atoms with E-state index in [1.54, 1.807) is 0 Å². The second-order valence-corrected chi connectivity index (χ2v) is 5.97. The number of amides is 1. The second-order valence-electron chi connectivity index (χ2n) is 5.97. The van der Waals surface area contributed by atoms with Crippen molar-refractivity contribution in [3.05, 3.63) is 18.0 Å². The third kappa shape index (κ3) is 4.02. The number of aromatic nitrogens is 2. The number of nitrogens with zero attached hydrogens (tertiary/aromatic N) is 3. The van der Waals surface area contributed by atoms with Crippen molar-refractivity contribution in [3.8, 4) is 0 Å². The molecule has 1 saturated heterocycles. The fourth-order valence-corrected chi connectivity index (χ4v) is 2.95. The Labute approximate surface area is 124 Å². The zero-order chi connectivity index (χ0) is 15.4. The quantitative estimate of drug-likeness (QED) is 0.856. The number of likely N-dealkylation sites (tertiary alicyclic amines) is 1. The van der Waals surface area contributed by atoms with Crippen LogP contribution in [0.2, 0.25) is 0 Å². The number of hydrogen-bond acceptors (Lipinski definition) is 2.